The molecule has 1 saturated heterocycles. The van der Waals surface area contributed by atoms with Crippen molar-refractivity contribution in [3.8, 4) is 5.75 Å². The molecule has 0 unspecified atom stereocenters. The number of rotatable bonds is 5. The lowest BCUT2D eigenvalue weighted by Crippen LogP contribution is -2.34. The van der Waals surface area contributed by atoms with Gasteiger partial charge in [-0.2, -0.15) is 0 Å². The third-order valence-corrected chi connectivity index (χ3v) is 4.11. The molecule has 0 aliphatic carbocycles. The molecule has 0 aromatic heterocycles. The molecule has 6 heteroatoms. The first-order valence-electron chi connectivity index (χ1n) is 8.19. The molecular weight excluding hydrogens is 343 g/mol. The van der Waals surface area contributed by atoms with Gasteiger partial charge in [-0.05, 0) is 55.8 Å². The van der Waals surface area contributed by atoms with Crippen LogP contribution in [0.5, 0.6) is 5.75 Å². The van der Waals surface area contributed by atoms with E-state index < -0.39 is 0 Å². The first-order valence-corrected chi connectivity index (χ1v) is 8.19. The van der Waals surface area contributed by atoms with Crippen molar-refractivity contribution < 1.29 is 13.9 Å². The highest BCUT2D eigenvalue weighted by atomic mass is 35.5. The van der Waals surface area contributed by atoms with Gasteiger partial charge in [0, 0.05) is 17.7 Å². The SMILES string of the molecule is Cl.O=C(Nc1cccc(OCc2cccc(F)c2)c1)C1CCNCC1. The predicted octanol–water partition coefficient (Wildman–Crippen LogP) is 3.76. The molecule has 0 saturated carbocycles. The van der Waals surface area contributed by atoms with Gasteiger partial charge < -0.3 is 15.4 Å². The first-order chi connectivity index (χ1) is 11.7. The molecule has 0 bridgehead atoms. The third-order valence-electron chi connectivity index (χ3n) is 4.11. The van der Waals surface area contributed by atoms with E-state index in [-0.39, 0.29) is 36.7 Å². The number of carbonyl (C=O) groups excluding carboxylic acids is 1. The maximum Gasteiger partial charge on any atom is 0.227 e. The Kier molecular flexibility index (Phi) is 7.22. The number of anilines is 1. The Balaban J connectivity index is 0.00000225. The molecule has 134 valence electrons. The minimum atomic E-state index is -0.279. The molecule has 1 heterocycles. The summed E-state index contributed by atoms with van der Waals surface area (Å²) < 4.78 is 18.9. The van der Waals surface area contributed by atoms with Gasteiger partial charge >= 0.3 is 0 Å². The summed E-state index contributed by atoms with van der Waals surface area (Å²) in [5.41, 5.74) is 1.48. The van der Waals surface area contributed by atoms with E-state index >= 15 is 0 Å². The van der Waals surface area contributed by atoms with Gasteiger partial charge in [0.2, 0.25) is 5.91 Å². The molecule has 2 N–H and O–H groups in total. The van der Waals surface area contributed by atoms with Gasteiger partial charge in [0.05, 0.1) is 0 Å². The van der Waals surface area contributed by atoms with Crippen LogP contribution in [-0.2, 0) is 11.4 Å². The number of hydrogen-bond acceptors (Lipinski definition) is 3. The van der Waals surface area contributed by atoms with Gasteiger partial charge in [-0.15, -0.1) is 12.4 Å². The summed E-state index contributed by atoms with van der Waals surface area (Å²) in [5, 5.41) is 6.20. The van der Waals surface area contributed by atoms with E-state index in [9.17, 15) is 9.18 Å². The molecule has 0 atom stereocenters. The Bertz CT molecular complexity index is 705. The van der Waals surface area contributed by atoms with Crippen molar-refractivity contribution in [3.05, 3.63) is 59.9 Å². The number of amides is 1. The Labute approximate surface area is 153 Å². The number of halogens is 2. The lowest BCUT2D eigenvalue weighted by molar-refractivity contribution is -0.120. The van der Waals surface area contributed by atoms with E-state index in [2.05, 4.69) is 10.6 Å². The molecule has 2 aromatic rings. The van der Waals surface area contributed by atoms with E-state index in [1.165, 1.54) is 12.1 Å². The zero-order valence-electron chi connectivity index (χ0n) is 13.8. The fourth-order valence-electron chi connectivity index (χ4n) is 2.79. The highest BCUT2D eigenvalue weighted by molar-refractivity contribution is 5.92. The number of carbonyl (C=O) groups is 1. The van der Waals surface area contributed by atoms with Gasteiger partial charge in [-0.1, -0.05) is 18.2 Å². The summed E-state index contributed by atoms with van der Waals surface area (Å²) in [6, 6.07) is 13.6. The number of ether oxygens (including phenoxy) is 1. The lowest BCUT2D eigenvalue weighted by Gasteiger charge is -2.21. The van der Waals surface area contributed by atoms with Crippen LogP contribution in [0.1, 0.15) is 18.4 Å². The van der Waals surface area contributed by atoms with Crippen molar-refractivity contribution in [2.24, 2.45) is 5.92 Å². The Hall–Kier alpha value is -2.11. The van der Waals surface area contributed by atoms with Crippen molar-refractivity contribution in [3.63, 3.8) is 0 Å². The molecule has 3 rings (SSSR count). The van der Waals surface area contributed by atoms with Crippen molar-refractivity contribution in [1.82, 2.24) is 5.32 Å². The van der Waals surface area contributed by atoms with Crippen LogP contribution >= 0.6 is 12.4 Å². The van der Waals surface area contributed by atoms with Crippen molar-refractivity contribution in [2.45, 2.75) is 19.4 Å². The molecule has 4 nitrogen and oxygen atoms in total. The standard InChI is InChI=1S/C19H21FN2O2.ClH/c20-16-4-1-3-14(11-16)13-24-18-6-2-5-17(12-18)22-19(23)15-7-9-21-10-8-15;/h1-6,11-12,15,21H,7-10,13H2,(H,22,23);1H. The van der Waals surface area contributed by atoms with Crippen molar-refractivity contribution >= 4 is 24.0 Å². The number of nitrogens with one attached hydrogen (secondary N) is 2. The smallest absolute Gasteiger partial charge is 0.227 e. The van der Waals surface area contributed by atoms with Crippen LogP contribution < -0.4 is 15.4 Å². The largest absolute Gasteiger partial charge is 0.489 e. The second-order valence-electron chi connectivity index (χ2n) is 5.96. The van der Waals surface area contributed by atoms with Gasteiger partial charge in [0.15, 0.2) is 0 Å². The molecule has 1 amide bonds. The minimum Gasteiger partial charge on any atom is -0.489 e. The van der Waals surface area contributed by atoms with E-state index in [1.54, 1.807) is 12.1 Å². The minimum absolute atomic E-state index is 0. The summed E-state index contributed by atoms with van der Waals surface area (Å²) in [6.07, 6.45) is 1.73. The molecule has 25 heavy (non-hydrogen) atoms. The zero-order valence-corrected chi connectivity index (χ0v) is 14.7. The fraction of sp³-hybridized carbons (Fsp3) is 0.316. The average Bonchev–Trinajstić information content (AvgIpc) is 2.61. The van der Waals surface area contributed by atoms with E-state index in [1.807, 2.05) is 24.3 Å². The van der Waals surface area contributed by atoms with Gasteiger partial charge in [0.1, 0.15) is 18.2 Å². The third kappa shape index (κ3) is 5.73. The molecule has 1 aliphatic rings. The average molecular weight is 365 g/mol. The lowest BCUT2D eigenvalue weighted by atomic mass is 9.97. The highest BCUT2D eigenvalue weighted by Gasteiger charge is 2.20. The van der Waals surface area contributed by atoms with Gasteiger partial charge in [0.25, 0.3) is 0 Å². The predicted molar refractivity (Wildman–Crippen MR) is 98.6 cm³/mol. The van der Waals surface area contributed by atoms with E-state index in [0.29, 0.717) is 5.75 Å². The summed E-state index contributed by atoms with van der Waals surface area (Å²) in [4.78, 5) is 12.3. The molecule has 2 aromatic carbocycles. The topological polar surface area (TPSA) is 50.4 Å². The zero-order chi connectivity index (χ0) is 16.8. The second-order valence-corrected chi connectivity index (χ2v) is 5.96. The highest BCUT2D eigenvalue weighted by Crippen LogP contribution is 2.21. The van der Waals surface area contributed by atoms with Gasteiger partial charge in [-0.25, -0.2) is 4.39 Å². The molecular formula is C19H22ClFN2O2. The van der Waals surface area contributed by atoms with Crippen molar-refractivity contribution in [2.75, 3.05) is 18.4 Å². The van der Waals surface area contributed by atoms with Crippen LogP contribution in [-0.4, -0.2) is 19.0 Å². The number of piperidine rings is 1. The normalized spacial score (nSPS) is 14.4. The van der Waals surface area contributed by atoms with Crippen LogP contribution in [0, 0.1) is 11.7 Å². The van der Waals surface area contributed by atoms with E-state index in [0.717, 1.165) is 37.2 Å². The fourth-order valence-corrected chi connectivity index (χ4v) is 2.79. The van der Waals surface area contributed by atoms with Gasteiger partial charge in [-0.3, -0.25) is 4.79 Å². The van der Waals surface area contributed by atoms with Crippen LogP contribution in [0.3, 0.4) is 0 Å². The Morgan fingerprint density at radius 1 is 1.16 bits per heavy atom. The Morgan fingerprint density at radius 2 is 1.92 bits per heavy atom. The van der Waals surface area contributed by atoms with Crippen LogP contribution in [0.4, 0.5) is 10.1 Å². The van der Waals surface area contributed by atoms with Crippen LogP contribution in [0.25, 0.3) is 0 Å². The Morgan fingerprint density at radius 3 is 2.68 bits per heavy atom. The molecule has 1 aliphatic heterocycles. The van der Waals surface area contributed by atoms with Crippen LogP contribution in [0.15, 0.2) is 48.5 Å². The number of benzene rings is 2. The summed E-state index contributed by atoms with van der Waals surface area (Å²) >= 11 is 0. The molecule has 0 radical (unpaired) electrons. The maximum absolute atomic E-state index is 13.2. The monoisotopic (exact) mass is 364 g/mol. The maximum atomic E-state index is 13.2. The molecule has 1 fully saturated rings. The first kappa shape index (κ1) is 19.2. The molecule has 0 spiro atoms. The summed E-state index contributed by atoms with van der Waals surface area (Å²) in [7, 11) is 0. The van der Waals surface area contributed by atoms with E-state index in [4.69, 9.17) is 4.74 Å². The summed E-state index contributed by atoms with van der Waals surface area (Å²) in [6.45, 7) is 2.05. The second kappa shape index (κ2) is 9.39. The quantitative estimate of drug-likeness (QED) is 0.849. The van der Waals surface area contributed by atoms with Crippen LogP contribution in [0.2, 0.25) is 0 Å². The summed E-state index contributed by atoms with van der Waals surface area (Å²) in [5.74, 6) is 0.475. The van der Waals surface area contributed by atoms with Crippen molar-refractivity contribution in [1.29, 1.82) is 0 Å². The number of hydrogen-bond donors (Lipinski definition) is 2.